The minimum Gasteiger partial charge on any atom is -0.493 e. The molecule has 0 atom stereocenters. The fourth-order valence-electron chi connectivity index (χ4n) is 2.72. The minimum atomic E-state index is -0.418. The Balaban J connectivity index is 1.82. The number of hydrogen-bond donors (Lipinski definition) is 0. The number of methoxy groups -OCH3 is 2. The molecule has 31 heavy (non-hydrogen) atoms. The lowest BCUT2D eigenvalue weighted by molar-refractivity contribution is -0.121. The molecule has 7 nitrogen and oxygen atoms in total. The van der Waals surface area contributed by atoms with Crippen LogP contribution in [0.5, 0.6) is 11.5 Å². The van der Waals surface area contributed by atoms with Crippen molar-refractivity contribution in [1.29, 1.82) is 0 Å². The van der Waals surface area contributed by atoms with E-state index in [0.717, 1.165) is 5.56 Å². The first-order valence-corrected chi connectivity index (χ1v) is 9.97. The summed E-state index contributed by atoms with van der Waals surface area (Å²) in [6.07, 6.45) is 6.99. The molecule has 1 aliphatic heterocycles. The molecule has 1 saturated heterocycles. The number of aliphatic imine (C=N–C) groups is 1. The highest BCUT2D eigenvalue weighted by Gasteiger charge is 2.30. The molecule has 1 aliphatic rings. The van der Waals surface area contributed by atoms with Crippen LogP contribution in [0.25, 0.3) is 6.08 Å². The van der Waals surface area contributed by atoms with E-state index in [1.54, 1.807) is 49.5 Å². The van der Waals surface area contributed by atoms with Gasteiger partial charge in [-0.1, -0.05) is 12.0 Å². The maximum atomic E-state index is 12.7. The third-order valence-corrected chi connectivity index (χ3v) is 5.37. The second-order valence-electron chi connectivity index (χ2n) is 6.31. The first-order valence-electron chi connectivity index (χ1n) is 9.15. The zero-order chi connectivity index (χ0) is 22.4. The summed E-state index contributed by atoms with van der Waals surface area (Å²) in [5.41, 5.74) is 1.82. The Hall–Kier alpha value is -3.70. The summed E-state index contributed by atoms with van der Waals surface area (Å²) in [5.74, 6) is 2.88. The van der Waals surface area contributed by atoms with Gasteiger partial charge in [0.15, 0.2) is 16.7 Å². The van der Waals surface area contributed by atoms with Crippen molar-refractivity contribution in [2.45, 2.75) is 0 Å². The molecule has 0 aromatic heterocycles. The number of thioether (sulfide) groups is 1. The van der Waals surface area contributed by atoms with Crippen LogP contribution >= 0.6 is 11.8 Å². The molecule has 0 radical (unpaired) electrons. The van der Waals surface area contributed by atoms with Gasteiger partial charge in [-0.05, 0) is 59.8 Å². The fourth-order valence-corrected chi connectivity index (χ4v) is 3.70. The molecule has 8 heteroatoms. The molecule has 0 spiro atoms. The van der Waals surface area contributed by atoms with Crippen molar-refractivity contribution in [3.63, 3.8) is 0 Å². The van der Waals surface area contributed by atoms with Gasteiger partial charge in [0.25, 0.3) is 5.91 Å². The number of amides is 1. The lowest BCUT2D eigenvalue weighted by atomic mass is 10.2. The standard InChI is InChI=1S/C23H20N2O5S/c1-5-12-30-18-11-6-15(13-19(18)28-3)14-20-21(26)25(2)23(31-20)24-17-9-7-16(8-10-17)22(27)29-4/h1,6-11,13-14H,12H2,2-4H3/b20-14+,24-23?. The number of amidine groups is 1. The summed E-state index contributed by atoms with van der Waals surface area (Å²) in [4.78, 5) is 30.7. The predicted molar refractivity (Wildman–Crippen MR) is 121 cm³/mol. The number of hydrogen-bond acceptors (Lipinski definition) is 7. The molecule has 0 unspecified atom stereocenters. The second-order valence-corrected chi connectivity index (χ2v) is 7.32. The molecular weight excluding hydrogens is 416 g/mol. The van der Waals surface area contributed by atoms with Crippen LogP contribution < -0.4 is 9.47 Å². The maximum absolute atomic E-state index is 12.7. The van der Waals surface area contributed by atoms with Crippen LogP contribution in [-0.2, 0) is 9.53 Å². The van der Waals surface area contributed by atoms with Gasteiger partial charge in [-0.3, -0.25) is 9.69 Å². The lowest BCUT2D eigenvalue weighted by Gasteiger charge is -2.09. The molecule has 0 aliphatic carbocycles. The summed E-state index contributed by atoms with van der Waals surface area (Å²) in [6, 6.07) is 12.0. The molecule has 2 aromatic carbocycles. The molecule has 158 valence electrons. The van der Waals surface area contributed by atoms with Gasteiger partial charge in [0.1, 0.15) is 6.61 Å². The van der Waals surface area contributed by atoms with Crippen molar-refractivity contribution in [1.82, 2.24) is 4.90 Å². The van der Waals surface area contributed by atoms with Gasteiger partial charge in [0, 0.05) is 7.05 Å². The Labute approximate surface area is 184 Å². The number of likely N-dealkylation sites (N-methyl/N-ethyl adjacent to an activating group) is 1. The minimum absolute atomic E-state index is 0.135. The number of carbonyl (C=O) groups excluding carboxylic acids is 2. The van der Waals surface area contributed by atoms with E-state index in [-0.39, 0.29) is 12.5 Å². The largest absolute Gasteiger partial charge is 0.493 e. The number of rotatable bonds is 6. The first kappa shape index (κ1) is 22.0. The Kier molecular flexibility index (Phi) is 7.00. The van der Waals surface area contributed by atoms with Gasteiger partial charge in [0.2, 0.25) is 0 Å². The van der Waals surface area contributed by atoms with E-state index in [0.29, 0.717) is 32.8 Å². The Morgan fingerprint density at radius 3 is 2.58 bits per heavy atom. The van der Waals surface area contributed by atoms with E-state index in [1.807, 2.05) is 6.07 Å². The van der Waals surface area contributed by atoms with Crippen molar-refractivity contribution in [2.75, 3.05) is 27.9 Å². The van der Waals surface area contributed by atoms with Gasteiger partial charge in [-0.25, -0.2) is 9.79 Å². The molecule has 0 bridgehead atoms. The SMILES string of the molecule is C#CCOc1ccc(/C=C2/SC(=Nc3ccc(C(=O)OC)cc3)N(C)C2=O)cc1OC. The number of carbonyl (C=O) groups is 2. The molecule has 1 amide bonds. The van der Waals surface area contributed by atoms with Crippen molar-refractivity contribution >= 4 is 40.6 Å². The average Bonchev–Trinajstić information content (AvgIpc) is 3.05. The lowest BCUT2D eigenvalue weighted by Crippen LogP contribution is -2.23. The highest BCUT2D eigenvalue weighted by atomic mass is 32.2. The fraction of sp³-hybridized carbons (Fsp3) is 0.174. The predicted octanol–water partition coefficient (Wildman–Crippen LogP) is 3.73. The number of ether oxygens (including phenoxy) is 3. The van der Waals surface area contributed by atoms with Crippen LogP contribution in [-0.4, -0.2) is 49.8 Å². The summed E-state index contributed by atoms with van der Waals surface area (Å²) in [6.45, 7) is 0.135. The van der Waals surface area contributed by atoms with Gasteiger partial charge >= 0.3 is 5.97 Å². The summed E-state index contributed by atoms with van der Waals surface area (Å²) >= 11 is 1.26. The molecule has 2 aromatic rings. The van der Waals surface area contributed by atoms with Crippen molar-refractivity contribution in [3.8, 4) is 23.8 Å². The number of benzene rings is 2. The number of nitrogens with zero attached hydrogens (tertiary/aromatic N) is 2. The van der Waals surface area contributed by atoms with Gasteiger partial charge in [-0.2, -0.15) is 0 Å². The quantitative estimate of drug-likeness (QED) is 0.390. The zero-order valence-corrected chi connectivity index (χ0v) is 18.1. The van der Waals surface area contributed by atoms with Crippen molar-refractivity contribution in [2.24, 2.45) is 4.99 Å². The number of terminal acetylenes is 1. The second kappa shape index (κ2) is 9.87. The van der Waals surface area contributed by atoms with Crippen LogP contribution in [0.4, 0.5) is 5.69 Å². The van der Waals surface area contributed by atoms with Crippen molar-refractivity contribution in [3.05, 3.63) is 58.5 Å². The highest BCUT2D eigenvalue weighted by Crippen LogP contribution is 2.35. The third kappa shape index (κ3) is 5.08. The maximum Gasteiger partial charge on any atom is 0.337 e. The van der Waals surface area contributed by atoms with Gasteiger partial charge < -0.3 is 14.2 Å². The molecule has 0 saturated carbocycles. The zero-order valence-electron chi connectivity index (χ0n) is 17.2. The monoisotopic (exact) mass is 436 g/mol. The van der Waals surface area contributed by atoms with E-state index < -0.39 is 5.97 Å². The third-order valence-electron chi connectivity index (χ3n) is 4.31. The van der Waals surface area contributed by atoms with Crippen LogP contribution in [0.2, 0.25) is 0 Å². The summed E-state index contributed by atoms with van der Waals surface area (Å²) < 4.78 is 15.5. The molecule has 1 fully saturated rings. The molecular formula is C23H20N2O5S. The molecule has 3 rings (SSSR count). The Bertz CT molecular complexity index is 1100. The topological polar surface area (TPSA) is 77.4 Å². The van der Waals surface area contributed by atoms with E-state index in [9.17, 15) is 9.59 Å². The molecule has 1 heterocycles. The van der Waals surface area contributed by atoms with E-state index in [1.165, 1.54) is 30.9 Å². The van der Waals surface area contributed by atoms with Crippen molar-refractivity contribution < 1.29 is 23.8 Å². The average molecular weight is 436 g/mol. The van der Waals surface area contributed by atoms with Crippen LogP contribution in [0.3, 0.4) is 0 Å². The number of esters is 1. The van der Waals surface area contributed by atoms with Gasteiger partial charge in [0.05, 0.1) is 30.4 Å². The Morgan fingerprint density at radius 2 is 1.94 bits per heavy atom. The Morgan fingerprint density at radius 1 is 1.19 bits per heavy atom. The summed E-state index contributed by atoms with van der Waals surface area (Å²) in [7, 11) is 4.53. The van der Waals surface area contributed by atoms with Crippen LogP contribution in [0, 0.1) is 12.3 Å². The highest BCUT2D eigenvalue weighted by molar-refractivity contribution is 8.18. The molecule has 0 N–H and O–H groups in total. The van der Waals surface area contributed by atoms with E-state index >= 15 is 0 Å². The summed E-state index contributed by atoms with van der Waals surface area (Å²) in [5, 5.41) is 0.531. The van der Waals surface area contributed by atoms with Crippen LogP contribution in [0.1, 0.15) is 15.9 Å². The van der Waals surface area contributed by atoms with Gasteiger partial charge in [-0.15, -0.1) is 6.42 Å². The van der Waals surface area contributed by atoms with E-state index in [2.05, 4.69) is 15.6 Å². The normalized spacial score (nSPS) is 15.8. The van der Waals surface area contributed by atoms with E-state index in [4.69, 9.17) is 15.9 Å². The first-order chi connectivity index (χ1) is 15.0. The van der Waals surface area contributed by atoms with Crippen LogP contribution in [0.15, 0.2) is 52.4 Å². The smallest absolute Gasteiger partial charge is 0.337 e.